The zero-order valence-electron chi connectivity index (χ0n) is 15.0. The molecule has 1 amide bonds. The molecule has 1 atom stereocenters. The Morgan fingerprint density at radius 3 is 2.62 bits per heavy atom. The SMILES string of the molecule is O=C(N1CCCCC1c1ccccc1)n1cc(C2(O)CCCCC2)nn1. The first kappa shape index (κ1) is 17.2. The second-order valence-corrected chi connectivity index (χ2v) is 7.54. The van der Waals surface area contributed by atoms with Crippen LogP contribution in [0.15, 0.2) is 36.5 Å². The quantitative estimate of drug-likeness (QED) is 0.894. The van der Waals surface area contributed by atoms with Crippen LogP contribution < -0.4 is 0 Å². The minimum atomic E-state index is -0.933. The average molecular weight is 354 g/mol. The summed E-state index contributed by atoms with van der Waals surface area (Å²) in [5, 5.41) is 19.0. The number of hydrogen-bond acceptors (Lipinski definition) is 4. The minimum Gasteiger partial charge on any atom is -0.383 e. The van der Waals surface area contributed by atoms with Crippen LogP contribution >= 0.6 is 0 Å². The first-order valence-electron chi connectivity index (χ1n) is 9.68. The van der Waals surface area contributed by atoms with Crippen molar-refractivity contribution in [2.45, 2.75) is 63.0 Å². The van der Waals surface area contributed by atoms with E-state index in [-0.39, 0.29) is 12.1 Å². The van der Waals surface area contributed by atoms with Crippen molar-refractivity contribution in [1.82, 2.24) is 19.9 Å². The van der Waals surface area contributed by atoms with Crippen molar-refractivity contribution in [3.63, 3.8) is 0 Å². The van der Waals surface area contributed by atoms with E-state index in [0.717, 1.165) is 50.6 Å². The van der Waals surface area contributed by atoms with Crippen LogP contribution in [0.1, 0.15) is 68.7 Å². The zero-order valence-corrected chi connectivity index (χ0v) is 15.0. The summed E-state index contributed by atoms with van der Waals surface area (Å²) in [6.45, 7) is 0.720. The number of likely N-dealkylation sites (tertiary alicyclic amines) is 1. The van der Waals surface area contributed by atoms with Gasteiger partial charge in [-0.15, -0.1) is 5.10 Å². The zero-order chi connectivity index (χ0) is 18.0. The Morgan fingerprint density at radius 2 is 1.85 bits per heavy atom. The number of hydrogen-bond donors (Lipinski definition) is 1. The summed E-state index contributed by atoms with van der Waals surface area (Å²) in [6.07, 6.45) is 9.20. The number of aromatic nitrogens is 3. The van der Waals surface area contributed by atoms with E-state index in [4.69, 9.17) is 0 Å². The maximum absolute atomic E-state index is 13.1. The molecule has 0 spiro atoms. The lowest BCUT2D eigenvalue weighted by Gasteiger charge is -2.35. The predicted octanol–water partition coefficient (Wildman–Crippen LogP) is 3.63. The molecule has 2 aromatic rings. The Hall–Kier alpha value is -2.21. The largest absolute Gasteiger partial charge is 0.383 e. The monoisotopic (exact) mass is 354 g/mol. The molecule has 4 rings (SSSR count). The lowest BCUT2D eigenvalue weighted by atomic mass is 9.83. The molecule has 26 heavy (non-hydrogen) atoms. The lowest BCUT2D eigenvalue weighted by molar-refractivity contribution is -0.00472. The van der Waals surface area contributed by atoms with Gasteiger partial charge in [0.15, 0.2) is 0 Å². The van der Waals surface area contributed by atoms with Crippen molar-refractivity contribution in [1.29, 1.82) is 0 Å². The number of amides is 1. The molecule has 2 heterocycles. The predicted molar refractivity (Wildman–Crippen MR) is 97.5 cm³/mol. The molecule has 1 saturated heterocycles. The summed E-state index contributed by atoms with van der Waals surface area (Å²) in [5.41, 5.74) is 0.753. The number of benzene rings is 1. The summed E-state index contributed by atoms with van der Waals surface area (Å²) in [6, 6.07) is 10.1. The van der Waals surface area contributed by atoms with Gasteiger partial charge in [-0.2, -0.15) is 4.68 Å². The molecule has 6 heteroatoms. The van der Waals surface area contributed by atoms with Crippen LogP contribution in [0.25, 0.3) is 0 Å². The van der Waals surface area contributed by atoms with Crippen molar-refractivity contribution in [2.75, 3.05) is 6.54 Å². The van der Waals surface area contributed by atoms with E-state index in [9.17, 15) is 9.90 Å². The van der Waals surface area contributed by atoms with Gasteiger partial charge in [-0.05, 0) is 37.7 Å². The third-order valence-corrected chi connectivity index (χ3v) is 5.78. The molecule has 0 radical (unpaired) electrons. The van der Waals surface area contributed by atoms with Crippen LogP contribution in [0.5, 0.6) is 0 Å². The minimum absolute atomic E-state index is 0.0721. The van der Waals surface area contributed by atoms with Gasteiger partial charge in [-0.25, -0.2) is 4.79 Å². The molecule has 1 aliphatic heterocycles. The first-order valence-corrected chi connectivity index (χ1v) is 9.68. The highest BCUT2D eigenvalue weighted by molar-refractivity contribution is 5.76. The second-order valence-electron chi connectivity index (χ2n) is 7.54. The standard InChI is InChI=1S/C20H26N4O2/c25-19(23-14-8-5-11-17(23)16-9-3-1-4-10-16)24-15-18(21-22-24)20(26)12-6-2-7-13-20/h1,3-4,9-10,15,17,26H,2,5-8,11-14H2. The van der Waals surface area contributed by atoms with E-state index in [0.29, 0.717) is 18.5 Å². The van der Waals surface area contributed by atoms with Gasteiger partial charge in [0, 0.05) is 6.54 Å². The molecule has 2 aliphatic rings. The van der Waals surface area contributed by atoms with E-state index in [1.165, 1.54) is 4.68 Å². The van der Waals surface area contributed by atoms with Crippen molar-refractivity contribution in [3.05, 3.63) is 47.8 Å². The van der Waals surface area contributed by atoms with E-state index >= 15 is 0 Å². The number of nitrogens with zero attached hydrogens (tertiary/aromatic N) is 4. The van der Waals surface area contributed by atoms with Crippen LogP contribution in [0, 0.1) is 0 Å². The van der Waals surface area contributed by atoms with Crippen LogP contribution in [0.4, 0.5) is 4.79 Å². The summed E-state index contributed by atoms with van der Waals surface area (Å²) < 4.78 is 1.31. The van der Waals surface area contributed by atoms with Crippen molar-refractivity contribution in [3.8, 4) is 0 Å². The third kappa shape index (κ3) is 3.26. The summed E-state index contributed by atoms with van der Waals surface area (Å²) in [4.78, 5) is 15.0. The van der Waals surface area contributed by atoms with Gasteiger partial charge in [-0.3, -0.25) is 0 Å². The van der Waals surface area contributed by atoms with E-state index in [1.807, 2.05) is 23.1 Å². The fourth-order valence-corrected chi connectivity index (χ4v) is 4.28. The topological polar surface area (TPSA) is 71.2 Å². The maximum Gasteiger partial charge on any atom is 0.346 e. The summed E-state index contributed by atoms with van der Waals surface area (Å²) in [7, 11) is 0. The highest BCUT2D eigenvalue weighted by Crippen LogP contribution is 2.36. The lowest BCUT2D eigenvalue weighted by Crippen LogP contribution is -2.41. The van der Waals surface area contributed by atoms with Crippen molar-refractivity contribution < 1.29 is 9.90 Å². The normalized spacial score (nSPS) is 23.0. The Kier molecular flexibility index (Phi) is 4.76. The number of aliphatic hydroxyl groups is 1. The molecular weight excluding hydrogens is 328 g/mol. The van der Waals surface area contributed by atoms with Gasteiger partial charge in [0.05, 0.1) is 12.2 Å². The maximum atomic E-state index is 13.1. The Bertz CT molecular complexity index is 752. The van der Waals surface area contributed by atoms with Gasteiger partial charge in [0.2, 0.25) is 0 Å². The Labute approximate surface area is 153 Å². The van der Waals surface area contributed by atoms with Gasteiger partial charge in [0.25, 0.3) is 0 Å². The van der Waals surface area contributed by atoms with Crippen molar-refractivity contribution in [2.24, 2.45) is 0 Å². The average Bonchev–Trinajstić information content (AvgIpc) is 3.20. The van der Waals surface area contributed by atoms with E-state index in [2.05, 4.69) is 22.4 Å². The molecule has 1 aromatic heterocycles. The smallest absolute Gasteiger partial charge is 0.346 e. The van der Waals surface area contributed by atoms with Crippen LogP contribution in [-0.2, 0) is 5.60 Å². The Balaban J connectivity index is 1.56. The van der Waals surface area contributed by atoms with Gasteiger partial charge in [0.1, 0.15) is 11.3 Å². The van der Waals surface area contributed by atoms with Gasteiger partial charge in [-0.1, -0.05) is 54.8 Å². The second kappa shape index (κ2) is 7.19. The van der Waals surface area contributed by atoms with Crippen LogP contribution in [0.3, 0.4) is 0 Å². The van der Waals surface area contributed by atoms with E-state index in [1.54, 1.807) is 6.20 Å². The number of carbonyl (C=O) groups excluding carboxylic acids is 1. The fraction of sp³-hybridized carbons (Fsp3) is 0.550. The molecule has 1 aliphatic carbocycles. The molecule has 1 aromatic carbocycles. The molecule has 1 unspecified atom stereocenters. The van der Waals surface area contributed by atoms with Gasteiger partial charge < -0.3 is 10.0 Å². The Morgan fingerprint density at radius 1 is 1.08 bits per heavy atom. The molecule has 0 bridgehead atoms. The molecule has 138 valence electrons. The summed E-state index contributed by atoms with van der Waals surface area (Å²) in [5.74, 6) is 0. The van der Waals surface area contributed by atoms with Crippen molar-refractivity contribution >= 4 is 6.03 Å². The van der Waals surface area contributed by atoms with Gasteiger partial charge >= 0.3 is 6.03 Å². The number of rotatable bonds is 2. The highest BCUT2D eigenvalue weighted by Gasteiger charge is 2.35. The number of carbonyl (C=O) groups is 1. The molecular formula is C20H26N4O2. The van der Waals surface area contributed by atoms with Crippen LogP contribution in [-0.4, -0.2) is 37.6 Å². The van der Waals surface area contributed by atoms with Crippen LogP contribution in [0.2, 0.25) is 0 Å². The highest BCUT2D eigenvalue weighted by atomic mass is 16.3. The summed E-state index contributed by atoms with van der Waals surface area (Å²) >= 11 is 0. The first-order chi connectivity index (χ1) is 12.7. The molecule has 2 fully saturated rings. The number of piperidine rings is 1. The fourth-order valence-electron chi connectivity index (χ4n) is 4.28. The molecule has 1 saturated carbocycles. The molecule has 6 nitrogen and oxygen atoms in total. The third-order valence-electron chi connectivity index (χ3n) is 5.78. The molecule has 1 N–H and O–H groups in total. The van der Waals surface area contributed by atoms with E-state index < -0.39 is 5.60 Å².